The fourth-order valence-electron chi connectivity index (χ4n) is 0. The summed E-state index contributed by atoms with van der Waals surface area (Å²) in [4.78, 5) is 0. The van der Waals surface area contributed by atoms with Gasteiger partial charge in [0.25, 0.3) is 0 Å². The van der Waals surface area contributed by atoms with Crippen LogP contribution >= 0.6 is 0 Å². The maximum absolute atomic E-state index is 4.90. The van der Waals surface area contributed by atoms with E-state index < -0.39 is 0 Å². The molecule has 0 saturated heterocycles. The number of hydrogen-bond acceptors (Lipinski definition) is 2. The van der Waals surface area contributed by atoms with E-state index in [9.17, 15) is 0 Å². The summed E-state index contributed by atoms with van der Waals surface area (Å²) in [6.45, 7) is 1.19. The molecular formula is C2H12K4N2. The van der Waals surface area contributed by atoms with Gasteiger partial charge in [-0.3, -0.25) is 0 Å². The number of hydrogen-bond donors (Lipinski definition) is 2. The van der Waals surface area contributed by atoms with Crippen LogP contribution in [0.3, 0.4) is 0 Å². The molecule has 2 nitrogen and oxygen atoms in total. The summed E-state index contributed by atoms with van der Waals surface area (Å²) in [5, 5.41) is 0. The summed E-state index contributed by atoms with van der Waals surface area (Å²) < 4.78 is 0. The van der Waals surface area contributed by atoms with E-state index in [1.54, 1.807) is 0 Å². The second-order valence-corrected chi connectivity index (χ2v) is 0.577. The van der Waals surface area contributed by atoms with Crippen molar-refractivity contribution in [3.8, 4) is 0 Å². The first-order valence-electron chi connectivity index (χ1n) is 1.32. The van der Waals surface area contributed by atoms with Gasteiger partial charge in [0.05, 0.1) is 0 Å². The molecule has 34 valence electrons. The average molecular weight is 221 g/mol. The van der Waals surface area contributed by atoms with Crippen LogP contribution in [0.1, 0.15) is 0 Å². The number of rotatable bonds is 1. The van der Waals surface area contributed by atoms with Gasteiger partial charge in [0.1, 0.15) is 0 Å². The Morgan fingerprint density at radius 2 is 0.750 bits per heavy atom. The molecule has 0 bridgehead atoms. The zero-order valence-corrected chi connectivity index (χ0v) is 2.57. The summed E-state index contributed by atoms with van der Waals surface area (Å²) in [7, 11) is 0. The van der Waals surface area contributed by atoms with Crippen LogP contribution < -0.4 is 11.5 Å². The second kappa shape index (κ2) is 29.2. The molecule has 0 radical (unpaired) electrons. The van der Waals surface area contributed by atoms with E-state index in [1.807, 2.05) is 0 Å². The van der Waals surface area contributed by atoms with Crippen molar-refractivity contribution < 1.29 is 0 Å². The minimum atomic E-state index is 0. The van der Waals surface area contributed by atoms with E-state index in [0.717, 1.165) is 0 Å². The fourth-order valence-corrected chi connectivity index (χ4v) is 0. The Morgan fingerprint density at radius 1 is 0.625 bits per heavy atom. The Kier molecular flexibility index (Phi) is 107. The van der Waals surface area contributed by atoms with Crippen LogP contribution in [0.5, 0.6) is 0 Å². The van der Waals surface area contributed by atoms with Gasteiger partial charge in [-0.05, 0) is 0 Å². The van der Waals surface area contributed by atoms with Crippen molar-refractivity contribution in [2.24, 2.45) is 11.5 Å². The van der Waals surface area contributed by atoms with Crippen molar-refractivity contribution in [2.75, 3.05) is 13.1 Å². The predicted molar refractivity (Wildman–Crippen MR) is 46.7 cm³/mol. The predicted octanol–water partition coefficient (Wildman–Crippen LogP) is -3.69. The van der Waals surface area contributed by atoms with E-state index in [-0.39, 0.29) is 206 Å². The van der Waals surface area contributed by atoms with E-state index >= 15 is 0 Å². The first-order valence-corrected chi connectivity index (χ1v) is 1.32. The summed E-state index contributed by atoms with van der Waals surface area (Å²) >= 11 is 0. The Balaban J connectivity index is -0.00000000750. The van der Waals surface area contributed by atoms with Crippen LogP contribution in [0.15, 0.2) is 0 Å². The fraction of sp³-hybridized carbons (Fsp3) is 1.00. The van der Waals surface area contributed by atoms with Gasteiger partial charge in [0.15, 0.2) is 0 Å². The molecule has 8 heavy (non-hydrogen) atoms. The van der Waals surface area contributed by atoms with Crippen LogP contribution in [0.4, 0.5) is 0 Å². The zero-order chi connectivity index (χ0) is 3.41. The summed E-state index contributed by atoms with van der Waals surface area (Å²) in [6, 6.07) is 0. The van der Waals surface area contributed by atoms with Gasteiger partial charge in [-0.15, -0.1) is 0 Å². The van der Waals surface area contributed by atoms with Crippen molar-refractivity contribution in [1.29, 1.82) is 0 Å². The molecule has 4 N–H and O–H groups in total. The van der Waals surface area contributed by atoms with Gasteiger partial charge in [-0.1, -0.05) is 0 Å². The molecule has 0 fully saturated rings. The third-order valence-electron chi connectivity index (χ3n) is 0.167. The van der Waals surface area contributed by atoms with Crippen molar-refractivity contribution in [1.82, 2.24) is 0 Å². The molecule has 0 aliphatic carbocycles. The molecule has 6 heteroatoms. The minimum absolute atomic E-state index is 0. The van der Waals surface area contributed by atoms with Crippen molar-refractivity contribution in [3.63, 3.8) is 0 Å². The summed E-state index contributed by atoms with van der Waals surface area (Å²) in [5.74, 6) is 0. The molecule has 0 aromatic heterocycles. The van der Waals surface area contributed by atoms with Crippen molar-refractivity contribution in [2.45, 2.75) is 0 Å². The molecule has 0 rings (SSSR count). The summed E-state index contributed by atoms with van der Waals surface area (Å²) in [5.41, 5.74) is 9.81. The topological polar surface area (TPSA) is 52.0 Å². The SMILES string of the molecule is NCCN.[KH].[KH].[KH].[KH]. The summed E-state index contributed by atoms with van der Waals surface area (Å²) in [6.07, 6.45) is 0. The van der Waals surface area contributed by atoms with Gasteiger partial charge in [-0.2, -0.15) is 0 Å². The molecule has 0 atom stereocenters. The van der Waals surface area contributed by atoms with Gasteiger partial charge in [0.2, 0.25) is 0 Å². The van der Waals surface area contributed by atoms with E-state index in [0.29, 0.717) is 13.1 Å². The van der Waals surface area contributed by atoms with Crippen LogP contribution in [0.2, 0.25) is 0 Å². The van der Waals surface area contributed by atoms with Crippen LogP contribution in [0.25, 0.3) is 0 Å². The quantitative estimate of drug-likeness (QED) is 0.447. The van der Waals surface area contributed by atoms with Crippen molar-refractivity contribution in [3.05, 3.63) is 0 Å². The molecule has 0 aliphatic heterocycles. The molecule has 0 aromatic rings. The maximum atomic E-state index is 4.90. The van der Waals surface area contributed by atoms with Crippen LogP contribution in [-0.2, 0) is 0 Å². The molecule has 0 amide bonds. The molecule has 0 aliphatic rings. The van der Waals surface area contributed by atoms with Gasteiger partial charge in [0, 0.05) is 13.1 Å². The Labute approximate surface area is 221 Å². The van der Waals surface area contributed by atoms with E-state index in [1.165, 1.54) is 0 Å². The van der Waals surface area contributed by atoms with E-state index in [4.69, 9.17) is 11.5 Å². The monoisotopic (exact) mass is 220 g/mol. The molecular weight excluding hydrogens is 208 g/mol. The van der Waals surface area contributed by atoms with E-state index in [2.05, 4.69) is 0 Å². The Bertz CT molecular complexity index is 14.0. The van der Waals surface area contributed by atoms with Gasteiger partial charge in [-0.25, -0.2) is 0 Å². The molecule has 0 heterocycles. The zero-order valence-electron chi connectivity index (χ0n) is 2.57. The van der Waals surface area contributed by atoms with Crippen molar-refractivity contribution >= 4 is 206 Å². The Hall–Kier alpha value is 6.47. The average Bonchev–Trinajstić information content (AvgIpc) is 1.37. The third kappa shape index (κ3) is 29.4. The van der Waals surface area contributed by atoms with Gasteiger partial charge >= 0.3 is 206 Å². The molecule has 0 spiro atoms. The number of nitrogens with two attached hydrogens (primary N) is 2. The first-order chi connectivity index (χ1) is 1.91. The molecule has 0 unspecified atom stereocenters. The Morgan fingerprint density at radius 3 is 0.750 bits per heavy atom. The first kappa shape index (κ1) is 29.3. The van der Waals surface area contributed by atoms with Crippen LogP contribution in [0, 0.1) is 0 Å². The normalized spacial score (nSPS) is 3.75. The molecule has 0 aromatic carbocycles. The third-order valence-corrected chi connectivity index (χ3v) is 0.167. The molecule has 0 saturated carbocycles. The second-order valence-electron chi connectivity index (χ2n) is 0.577. The van der Waals surface area contributed by atoms with Gasteiger partial charge < -0.3 is 11.5 Å². The standard InChI is InChI=1S/C2H8N2.4K.4H/c3-1-2-4;;;;;;;;/h1-4H2;;;;;;;;. The van der Waals surface area contributed by atoms with Crippen LogP contribution in [-0.4, -0.2) is 219 Å².